The van der Waals surface area contributed by atoms with Gasteiger partial charge in [-0.1, -0.05) is 0 Å². The summed E-state index contributed by atoms with van der Waals surface area (Å²) in [4.78, 5) is 15.3. The normalized spacial score (nSPS) is 26.2. The lowest BCUT2D eigenvalue weighted by atomic mass is 10.3. The molecule has 1 atom stereocenters. The monoisotopic (exact) mass is 152 g/mol. The maximum Gasteiger partial charge on any atom is 0.265 e. The quantitative estimate of drug-likeness (QED) is 0.492. The third-order valence-electron chi connectivity index (χ3n) is 1.08. The Bertz CT molecular complexity index is 107. The van der Waals surface area contributed by atoms with Crippen LogP contribution < -0.4 is 5.73 Å². The summed E-state index contributed by atoms with van der Waals surface area (Å²) in [5.74, 6) is -0.148. The second kappa shape index (κ2) is 3.00. The summed E-state index contributed by atoms with van der Waals surface area (Å²) in [7, 11) is 1.55. The molecule has 0 aromatic rings. The average molecular weight is 153 g/mol. The number of nitrogens with two attached hydrogens (primary N) is 1. The lowest BCUT2D eigenvalue weighted by Crippen LogP contribution is -2.32. The molecule has 2 N–H and O–H groups in total. The van der Waals surface area contributed by atoms with Crippen LogP contribution in [0, 0.1) is 0 Å². The number of carbonyl (C=O) groups is 1. The first kappa shape index (κ1) is 8.68. The van der Waals surface area contributed by atoms with Crippen LogP contribution in [0.15, 0.2) is 0 Å². The fourth-order valence-electron chi connectivity index (χ4n) is 0.561. The van der Waals surface area contributed by atoms with Gasteiger partial charge in [-0.05, 0) is 0 Å². The number of amides is 1. The molecule has 1 fully saturated rings. The maximum absolute atomic E-state index is 10.6. The number of likely N-dealkylation sites (N-methyl/N-ethyl adjacent to an activating group) is 1. The lowest BCUT2D eigenvalue weighted by molar-refractivity contribution is -0.154. The largest absolute Gasteiger partial charge is 0.318 e. The Morgan fingerprint density at radius 3 is 2.56 bits per heavy atom. The molecule has 1 aliphatic rings. The molecule has 1 unspecified atom stereocenters. The minimum atomic E-state index is -0.444. The Morgan fingerprint density at radius 2 is 2.44 bits per heavy atom. The van der Waals surface area contributed by atoms with Crippen LogP contribution >= 0.6 is 12.4 Å². The third-order valence-corrected chi connectivity index (χ3v) is 1.08. The zero-order valence-corrected chi connectivity index (χ0v) is 5.85. The van der Waals surface area contributed by atoms with Crippen molar-refractivity contribution in [2.45, 2.75) is 6.04 Å². The molecule has 1 saturated heterocycles. The van der Waals surface area contributed by atoms with Crippen LogP contribution in [0.2, 0.25) is 0 Å². The molecular weight excluding hydrogens is 144 g/mol. The van der Waals surface area contributed by atoms with Crippen molar-refractivity contribution < 1.29 is 9.63 Å². The molecule has 0 saturated carbocycles. The van der Waals surface area contributed by atoms with Crippen LogP contribution in [-0.4, -0.2) is 30.7 Å². The molecule has 0 aliphatic carbocycles. The zero-order valence-electron chi connectivity index (χ0n) is 5.03. The number of nitrogens with zero attached hydrogens (tertiary/aromatic N) is 1. The van der Waals surface area contributed by atoms with Gasteiger partial charge in [0.1, 0.15) is 6.04 Å². The first-order valence-corrected chi connectivity index (χ1v) is 2.38. The molecule has 0 aromatic heterocycles. The Labute approximate surface area is 59.3 Å². The highest BCUT2D eigenvalue weighted by Crippen LogP contribution is 2.00. The maximum atomic E-state index is 10.6. The van der Waals surface area contributed by atoms with Crippen molar-refractivity contribution in [2.75, 3.05) is 13.7 Å². The lowest BCUT2D eigenvalue weighted by Gasteiger charge is -2.03. The molecule has 9 heavy (non-hydrogen) atoms. The van der Waals surface area contributed by atoms with E-state index in [0.717, 1.165) is 5.06 Å². The first-order chi connectivity index (χ1) is 3.72. The molecule has 0 radical (unpaired) electrons. The highest BCUT2D eigenvalue weighted by atomic mass is 35.5. The molecule has 54 valence electrons. The summed E-state index contributed by atoms with van der Waals surface area (Å²) in [6, 6.07) is -0.444. The van der Waals surface area contributed by atoms with Crippen LogP contribution in [0.1, 0.15) is 0 Å². The number of halogens is 1. The van der Waals surface area contributed by atoms with E-state index in [9.17, 15) is 4.79 Å². The molecule has 1 aliphatic heterocycles. The van der Waals surface area contributed by atoms with Gasteiger partial charge >= 0.3 is 0 Å². The van der Waals surface area contributed by atoms with E-state index >= 15 is 0 Å². The van der Waals surface area contributed by atoms with Gasteiger partial charge in [0.15, 0.2) is 0 Å². The van der Waals surface area contributed by atoms with Crippen molar-refractivity contribution in [3.63, 3.8) is 0 Å². The van der Waals surface area contributed by atoms with Gasteiger partial charge in [-0.25, -0.2) is 5.06 Å². The van der Waals surface area contributed by atoms with Crippen LogP contribution in [0.3, 0.4) is 0 Å². The Kier molecular flexibility index (Phi) is 2.90. The number of rotatable bonds is 0. The van der Waals surface area contributed by atoms with E-state index in [0.29, 0.717) is 6.61 Å². The van der Waals surface area contributed by atoms with Crippen molar-refractivity contribution in [3.8, 4) is 0 Å². The molecule has 0 bridgehead atoms. The second-order valence-electron chi connectivity index (χ2n) is 1.74. The average Bonchev–Trinajstić information content (AvgIpc) is 1.98. The third kappa shape index (κ3) is 1.54. The summed E-state index contributed by atoms with van der Waals surface area (Å²) < 4.78 is 0. The van der Waals surface area contributed by atoms with Crippen LogP contribution in [0.25, 0.3) is 0 Å². The van der Waals surface area contributed by atoms with E-state index in [1.807, 2.05) is 0 Å². The smallest absolute Gasteiger partial charge is 0.265 e. The number of hydrogen-bond acceptors (Lipinski definition) is 3. The highest BCUT2D eigenvalue weighted by Gasteiger charge is 2.26. The van der Waals surface area contributed by atoms with Crippen LogP contribution in [0.5, 0.6) is 0 Å². The fourth-order valence-corrected chi connectivity index (χ4v) is 0.561. The fraction of sp³-hybridized carbons (Fsp3) is 0.750. The zero-order chi connectivity index (χ0) is 6.15. The van der Waals surface area contributed by atoms with Crippen molar-refractivity contribution in [1.29, 1.82) is 0 Å². The van der Waals surface area contributed by atoms with Crippen LogP contribution in [-0.2, 0) is 9.63 Å². The summed E-state index contributed by atoms with van der Waals surface area (Å²) >= 11 is 0. The predicted octanol–water partition coefficient (Wildman–Crippen LogP) is -0.861. The van der Waals surface area contributed by atoms with Crippen molar-refractivity contribution in [3.05, 3.63) is 0 Å². The predicted molar refractivity (Wildman–Crippen MR) is 33.9 cm³/mol. The molecule has 5 heteroatoms. The summed E-state index contributed by atoms with van der Waals surface area (Å²) in [6.45, 7) is 0.315. The molecule has 1 heterocycles. The van der Waals surface area contributed by atoms with Crippen LogP contribution in [0.4, 0.5) is 0 Å². The van der Waals surface area contributed by atoms with Gasteiger partial charge in [-0.3, -0.25) is 9.63 Å². The highest BCUT2D eigenvalue weighted by molar-refractivity contribution is 5.85. The van der Waals surface area contributed by atoms with Gasteiger partial charge in [0.2, 0.25) is 0 Å². The van der Waals surface area contributed by atoms with E-state index < -0.39 is 6.04 Å². The standard InChI is InChI=1S/C4H8N2O2.ClH/c1-6-4(7)3(5)2-8-6;/h3H,2,5H2,1H3;1H. The van der Waals surface area contributed by atoms with E-state index in [-0.39, 0.29) is 18.3 Å². The second-order valence-corrected chi connectivity index (χ2v) is 1.74. The van der Waals surface area contributed by atoms with Gasteiger partial charge in [0.05, 0.1) is 6.61 Å². The summed E-state index contributed by atoms with van der Waals surface area (Å²) in [6.07, 6.45) is 0. The van der Waals surface area contributed by atoms with E-state index in [1.165, 1.54) is 0 Å². The van der Waals surface area contributed by atoms with Gasteiger partial charge in [-0.15, -0.1) is 12.4 Å². The van der Waals surface area contributed by atoms with Gasteiger partial charge in [0, 0.05) is 7.05 Å². The van der Waals surface area contributed by atoms with Gasteiger partial charge in [0.25, 0.3) is 5.91 Å². The molecule has 0 aromatic carbocycles. The topological polar surface area (TPSA) is 55.6 Å². The van der Waals surface area contributed by atoms with Gasteiger partial charge < -0.3 is 5.73 Å². The summed E-state index contributed by atoms with van der Waals surface area (Å²) in [5, 5.41) is 1.16. The number of hydroxylamine groups is 2. The number of hydrogen-bond donors (Lipinski definition) is 1. The molecule has 1 amide bonds. The molecule has 4 nitrogen and oxygen atoms in total. The number of carbonyl (C=O) groups excluding carboxylic acids is 1. The van der Waals surface area contributed by atoms with Gasteiger partial charge in [-0.2, -0.15) is 0 Å². The van der Waals surface area contributed by atoms with E-state index in [4.69, 9.17) is 10.6 Å². The minimum absolute atomic E-state index is 0. The molecule has 1 rings (SSSR count). The summed E-state index contributed by atoms with van der Waals surface area (Å²) in [5.41, 5.74) is 5.25. The SMILES string of the molecule is CN1OCC(N)C1=O.Cl. The van der Waals surface area contributed by atoms with Crippen molar-refractivity contribution in [1.82, 2.24) is 5.06 Å². The van der Waals surface area contributed by atoms with Crippen molar-refractivity contribution in [2.24, 2.45) is 5.73 Å². The Morgan fingerprint density at radius 1 is 1.89 bits per heavy atom. The Balaban J connectivity index is 0.000000640. The minimum Gasteiger partial charge on any atom is -0.318 e. The van der Waals surface area contributed by atoms with E-state index in [1.54, 1.807) is 7.05 Å². The molecular formula is C4H9ClN2O2. The first-order valence-electron chi connectivity index (χ1n) is 2.38. The van der Waals surface area contributed by atoms with E-state index in [2.05, 4.69) is 0 Å². The van der Waals surface area contributed by atoms with Crippen molar-refractivity contribution >= 4 is 18.3 Å². The molecule has 0 spiro atoms. The Hall–Kier alpha value is -0.320.